The van der Waals surface area contributed by atoms with Crippen LogP contribution in [0, 0.1) is 0 Å². The van der Waals surface area contributed by atoms with Crippen LogP contribution >= 0.6 is 0 Å². The number of esters is 1. The zero-order valence-corrected chi connectivity index (χ0v) is 25.3. The van der Waals surface area contributed by atoms with Crippen molar-refractivity contribution in [2.45, 2.75) is 64.7 Å². The second-order valence-corrected chi connectivity index (χ2v) is 11.3. The molecule has 1 aliphatic heterocycles. The highest BCUT2D eigenvalue weighted by Gasteiger charge is 2.27. The van der Waals surface area contributed by atoms with E-state index in [0.717, 1.165) is 69.4 Å². The van der Waals surface area contributed by atoms with Crippen LogP contribution in [0.1, 0.15) is 44.2 Å². The van der Waals surface area contributed by atoms with Crippen molar-refractivity contribution < 1.29 is 9.53 Å². The first-order valence-corrected chi connectivity index (χ1v) is 15.1. The van der Waals surface area contributed by atoms with E-state index in [-0.39, 0.29) is 12.0 Å². The first-order valence-electron chi connectivity index (χ1n) is 15.1. The predicted octanol–water partition coefficient (Wildman–Crippen LogP) is 2.27. The number of nitrogens with two attached hydrogens (primary N) is 1. The number of carbonyl (C=O) groups is 1. The summed E-state index contributed by atoms with van der Waals surface area (Å²) in [4.78, 5) is 23.9. The van der Waals surface area contributed by atoms with Crippen molar-refractivity contribution in [1.29, 1.82) is 0 Å². The normalized spacial score (nSPS) is 16.6. The average Bonchev–Trinajstić information content (AvgIpc) is 3.39. The maximum Gasteiger partial charge on any atom is 0.309 e. The number of aromatic nitrogens is 2. The number of hydrogen-bond donors (Lipinski definition) is 1. The van der Waals surface area contributed by atoms with Gasteiger partial charge in [0, 0.05) is 37.4 Å². The third-order valence-electron chi connectivity index (χ3n) is 8.23. The Hall–Kier alpha value is -3.20. The van der Waals surface area contributed by atoms with Crippen molar-refractivity contribution in [2.75, 3.05) is 46.9 Å². The van der Waals surface area contributed by atoms with Crippen LogP contribution in [0.3, 0.4) is 0 Å². The van der Waals surface area contributed by atoms with E-state index < -0.39 is 0 Å². The van der Waals surface area contributed by atoms with E-state index in [2.05, 4.69) is 82.8 Å². The van der Waals surface area contributed by atoms with Crippen LogP contribution in [0.5, 0.6) is 0 Å². The molecule has 1 aromatic carbocycles. The fourth-order valence-corrected chi connectivity index (χ4v) is 5.79. The predicted molar refractivity (Wildman–Crippen MR) is 166 cm³/mol. The zero-order chi connectivity index (χ0) is 29.2. The van der Waals surface area contributed by atoms with Gasteiger partial charge < -0.3 is 24.8 Å². The van der Waals surface area contributed by atoms with Gasteiger partial charge in [-0.2, -0.15) is 0 Å². The van der Waals surface area contributed by atoms with Gasteiger partial charge in [0.2, 0.25) is 0 Å². The van der Waals surface area contributed by atoms with Crippen LogP contribution in [-0.2, 0) is 29.0 Å². The summed E-state index contributed by atoms with van der Waals surface area (Å²) in [5, 5.41) is 2.28. The van der Waals surface area contributed by atoms with E-state index in [1.807, 2.05) is 18.5 Å². The van der Waals surface area contributed by atoms with Gasteiger partial charge in [-0.1, -0.05) is 55.5 Å². The second kappa shape index (κ2) is 15.1. The molecule has 2 heterocycles. The van der Waals surface area contributed by atoms with E-state index in [9.17, 15) is 4.79 Å². The Morgan fingerprint density at radius 3 is 2.76 bits per heavy atom. The molecule has 0 fully saturated rings. The van der Waals surface area contributed by atoms with E-state index in [4.69, 9.17) is 15.5 Å². The van der Waals surface area contributed by atoms with Gasteiger partial charge in [0.15, 0.2) is 0 Å². The van der Waals surface area contributed by atoms with Gasteiger partial charge in [-0.25, -0.2) is 4.98 Å². The number of allylic oxidation sites excluding steroid dienone is 2. The summed E-state index contributed by atoms with van der Waals surface area (Å²) < 4.78 is 7.21. The van der Waals surface area contributed by atoms with Crippen molar-refractivity contribution in [3.8, 4) is 0 Å². The molecule has 2 unspecified atom stereocenters. The van der Waals surface area contributed by atoms with E-state index >= 15 is 0 Å². The molecule has 41 heavy (non-hydrogen) atoms. The lowest BCUT2D eigenvalue weighted by Crippen LogP contribution is -2.49. The van der Waals surface area contributed by atoms with Gasteiger partial charge in [-0.3, -0.25) is 9.69 Å². The zero-order valence-electron chi connectivity index (χ0n) is 25.3. The maximum absolute atomic E-state index is 11.8. The molecule has 0 bridgehead atoms. The largest absolute Gasteiger partial charge is 0.469 e. The molecule has 1 aliphatic carbocycles. The quantitative estimate of drug-likeness (QED) is 0.316. The van der Waals surface area contributed by atoms with Crippen molar-refractivity contribution >= 4 is 17.7 Å². The number of rotatable bonds is 16. The second-order valence-electron chi connectivity index (χ2n) is 11.3. The smallest absolute Gasteiger partial charge is 0.309 e. The highest BCUT2D eigenvalue weighted by atomic mass is 16.5. The van der Waals surface area contributed by atoms with Crippen LogP contribution in [0.25, 0.3) is 11.8 Å². The van der Waals surface area contributed by atoms with Crippen molar-refractivity contribution in [1.82, 2.24) is 24.3 Å². The van der Waals surface area contributed by atoms with Crippen LogP contribution in [0.2, 0.25) is 0 Å². The lowest BCUT2D eigenvalue weighted by atomic mass is 9.96. The Morgan fingerprint density at radius 1 is 1.17 bits per heavy atom. The molecule has 2 aromatic rings. The van der Waals surface area contributed by atoms with Gasteiger partial charge in [0.05, 0.1) is 31.2 Å². The molecule has 0 spiro atoms. The maximum atomic E-state index is 11.8. The molecule has 2 aliphatic rings. The number of nitrogens with zero attached hydrogens (tertiary/aromatic N) is 5. The van der Waals surface area contributed by atoms with Gasteiger partial charge >= 0.3 is 5.97 Å². The highest BCUT2D eigenvalue weighted by Crippen LogP contribution is 2.23. The van der Waals surface area contributed by atoms with Crippen molar-refractivity contribution in [3.05, 3.63) is 76.7 Å². The molecular weight excluding hydrogens is 512 g/mol. The summed E-state index contributed by atoms with van der Waals surface area (Å²) in [5.41, 5.74) is 9.43. The molecular formula is C33H48N6O2. The first kappa shape index (κ1) is 30.8. The van der Waals surface area contributed by atoms with Gasteiger partial charge in [0.1, 0.15) is 5.35 Å². The SMILES string of the molecule is CCN(C)CCCN(CCCn1cnc2c1=C1C=CC=CC1N(C(C)CCN)C=2)Cc1cccc(CC(=O)OC)c1. The average molecular weight is 561 g/mol. The molecule has 0 saturated heterocycles. The lowest BCUT2D eigenvalue weighted by Gasteiger charge is -2.37. The Labute approximate surface area is 245 Å². The van der Waals surface area contributed by atoms with Gasteiger partial charge in [0.25, 0.3) is 0 Å². The number of ether oxygens (including phenoxy) is 1. The number of imidazole rings is 1. The summed E-state index contributed by atoms with van der Waals surface area (Å²) in [6.07, 6.45) is 16.4. The number of benzene rings is 1. The fourth-order valence-electron chi connectivity index (χ4n) is 5.79. The Balaban J connectivity index is 1.47. The van der Waals surface area contributed by atoms with Crippen LogP contribution < -0.4 is 16.4 Å². The van der Waals surface area contributed by atoms with Crippen LogP contribution in [0.4, 0.5) is 0 Å². The van der Waals surface area contributed by atoms with Crippen LogP contribution in [-0.4, -0.2) is 89.2 Å². The molecule has 0 amide bonds. The number of aryl methyl sites for hydroxylation is 1. The summed E-state index contributed by atoms with van der Waals surface area (Å²) in [6, 6.07) is 8.90. The lowest BCUT2D eigenvalue weighted by molar-refractivity contribution is -0.139. The first-order chi connectivity index (χ1) is 19.9. The summed E-state index contributed by atoms with van der Waals surface area (Å²) in [5.74, 6) is -0.206. The molecule has 2 atom stereocenters. The number of carbonyl (C=O) groups excluding carboxylic acids is 1. The topological polar surface area (TPSA) is 79.9 Å². The minimum Gasteiger partial charge on any atom is -0.469 e. The highest BCUT2D eigenvalue weighted by molar-refractivity contribution is 5.72. The summed E-state index contributed by atoms with van der Waals surface area (Å²) in [7, 11) is 3.62. The van der Waals surface area contributed by atoms with E-state index in [0.29, 0.717) is 19.0 Å². The molecule has 2 N–H and O–H groups in total. The molecule has 8 heteroatoms. The van der Waals surface area contributed by atoms with Crippen molar-refractivity contribution in [3.63, 3.8) is 0 Å². The standard InChI is InChI=1S/C33H48N6O2/c1-5-36(3)17-9-18-37(23-28-12-8-11-27(21-28)22-32(40)41-4)19-10-20-38-25-35-30-24-39(26(2)15-16-34)31-14-7-6-13-29(31)33(30)38/h6-8,11-14,21,24-26,31H,5,9-10,15-20,22-23,34H2,1-4H3. The summed E-state index contributed by atoms with van der Waals surface area (Å²) >= 11 is 0. The van der Waals surface area contributed by atoms with Crippen LogP contribution in [0.15, 0.2) is 54.9 Å². The minimum absolute atomic E-state index is 0.206. The molecule has 4 rings (SSSR count). The third kappa shape index (κ3) is 8.18. The number of hydrogen-bond acceptors (Lipinski definition) is 7. The third-order valence-corrected chi connectivity index (χ3v) is 8.23. The number of methoxy groups -OCH3 is 1. The minimum atomic E-state index is -0.206. The van der Waals surface area contributed by atoms with Gasteiger partial charge in [-0.15, -0.1) is 0 Å². The molecule has 1 aromatic heterocycles. The Bertz CT molecular complexity index is 1330. The Kier molecular flexibility index (Phi) is 11.4. The fraction of sp³-hybridized carbons (Fsp3) is 0.515. The molecule has 222 valence electrons. The van der Waals surface area contributed by atoms with Gasteiger partial charge in [-0.05, 0) is 70.5 Å². The Morgan fingerprint density at radius 2 is 1.98 bits per heavy atom. The van der Waals surface area contributed by atoms with Crippen molar-refractivity contribution in [2.24, 2.45) is 5.73 Å². The molecule has 0 radical (unpaired) electrons. The summed E-state index contributed by atoms with van der Waals surface area (Å²) in [6.45, 7) is 11.1. The molecule has 8 nitrogen and oxygen atoms in total. The van der Waals surface area contributed by atoms with E-state index in [1.165, 1.54) is 23.6 Å². The van der Waals surface area contributed by atoms with E-state index in [1.54, 1.807) is 0 Å². The number of fused-ring (bicyclic) bond motifs is 2. The molecule has 0 saturated carbocycles. The monoisotopic (exact) mass is 560 g/mol.